The van der Waals surface area contributed by atoms with Crippen LogP contribution in [0.15, 0.2) is 48.5 Å². The topological polar surface area (TPSA) is 42.0 Å². The maximum atomic E-state index is 12.6. The molecule has 0 spiro atoms. The number of piperazine rings is 1. The molecule has 2 aromatic rings. The van der Waals surface area contributed by atoms with Crippen LogP contribution < -0.4 is 14.4 Å². The number of halogens is 1. The van der Waals surface area contributed by atoms with Crippen LogP contribution in [0.1, 0.15) is 18.9 Å². The number of hydrogen-bond acceptors (Lipinski definition) is 4. The average Bonchev–Trinajstić information content (AvgIpc) is 2.76. The monoisotopic (exact) mass is 414 g/mol. The lowest BCUT2D eigenvalue weighted by atomic mass is 10.1. The van der Waals surface area contributed by atoms with Crippen LogP contribution in [0.2, 0.25) is 5.02 Å². The molecule has 1 fully saturated rings. The Morgan fingerprint density at radius 3 is 2.55 bits per heavy atom. The summed E-state index contributed by atoms with van der Waals surface area (Å²) in [4.78, 5) is 16.7. The normalized spacial score (nSPS) is 14.3. The number of benzene rings is 2. The third-order valence-corrected chi connectivity index (χ3v) is 5.17. The second-order valence-corrected chi connectivity index (χ2v) is 7.26. The first-order chi connectivity index (χ1) is 14.1. The molecule has 154 valence electrons. The van der Waals surface area contributed by atoms with Crippen molar-refractivity contribution in [2.45, 2.75) is 13.3 Å². The van der Waals surface area contributed by atoms with E-state index in [1.54, 1.807) is 13.2 Å². The van der Waals surface area contributed by atoms with E-state index in [1.807, 2.05) is 53.4 Å². The smallest absolute Gasteiger partial charge is 0.246 e. The number of anilines is 1. The molecule has 1 amide bonds. The van der Waals surface area contributed by atoms with Crippen LogP contribution in [0.4, 0.5) is 5.69 Å². The average molecular weight is 415 g/mol. The third kappa shape index (κ3) is 5.45. The van der Waals surface area contributed by atoms with Crippen molar-refractivity contribution in [1.29, 1.82) is 0 Å². The summed E-state index contributed by atoms with van der Waals surface area (Å²) in [5, 5.41) is 0.743. The number of para-hydroxylation sites is 1. The minimum absolute atomic E-state index is 0.00841. The van der Waals surface area contributed by atoms with E-state index in [2.05, 4.69) is 11.8 Å². The molecular formula is C23H27ClN2O3. The number of hydrogen-bond donors (Lipinski definition) is 0. The molecule has 0 radical (unpaired) electrons. The molecule has 1 heterocycles. The first kappa shape index (κ1) is 21.1. The van der Waals surface area contributed by atoms with Gasteiger partial charge in [0.15, 0.2) is 11.5 Å². The van der Waals surface area contributed by atoms with Gasteiger partial charge < -0.3 is 19.3 Å². The van der Waals surface area contributed by atoms with Crippen LogP contribution in [0, 0.1) is 0 Å². The van der Waals surface area contributed by atoms with Gasteiger partial charge in [0.2, 0.25) is 5.91 Å². The van der Waals surface area contributed by atoms with Crippen LogP contribution >= 0.6 is 11.6 Å². The van der Waals surface area contributed by atoms with Crippen LogP contribution in [-0.4, -0.2) is 50.7 Å². The Balaban J connectivity index is 1.58. The molecule has 0 N–H and O–H groups in total. The zero-order valence-electron chi connectivity index (χ0n) is 16.9. The molecule has 0 atom stereocenters. The van der Waals surface area contributed by atoms with Crippen LogP contribution in [0.3, 0.4) is 0 Å². The van der Waals surface area contributed by atoms with Gasteiger partial charge in [0.1, 0.15) is 0 Å². The van der Waals surface area contributed by atoms with Gasteiger partial charge in [-0.25, -0.2) is 0 Å². The molecule has 2 aromatic carbocycles. The Morgan fingerprint density at radius 2 is 1.86 bits per heavy atom. The summed E-state index contributed by atoms with van der Waals surface area (Å²) < 4.78 is 11.1. The van der Waals surface area contributed by atoms with Gasteiger partial charge in [0.05, 0.1) is 24.4 Å². The van der Waals surface area contributed by atoms with Gasteiger partial charge in [0, 0.05) is 32.3 Å². The molecule has 0 bridgehead atoms. The summed E-state index contributed by atoms with van der Waals surface area (Å²) in [5.74, 6) is 1.39. The van der Waals surface area contributed by atoms with E-state index < -0.39 is 0 Å². The van der Waals surface area contributed by atoms with Crippen molar-refractivity contribution in [3.63, 3.8) is 0 Å². The number of nitrogens with zero attached hydrogens (tertiary/aromatic N) is 2. The second-order valence-electron chi connectivity index (χ2n) is 6.86. The highest BCUT2D eigenvalue weighted by atomic mass is 35.5. The Labute approximate surface area is 177 Å². The Kier molecular flexibility index (Phi) is 7.42. The minimum Gasteiger partial charge on any atom is -0.493 e. The van der Waals surface area contributed by atoms with Crippen molar-refractivity contribution in [3.8, 4) is 11.5 Å². The highest BCUT2D eigenvalue weighted by molar-refractivity contribution is 6.33. The number of carbonyl (C=O) groups excluding carboxylic acids is 1. The zero-order valence-corrected chi connectivity index (χ0v) is 17.7. The van der Waals surface area contributed by atoms with Gasteiger partial charge in [-0.2, -0.15) is 0 Å². The van der Waals surface area contributed by atoms with E-state index in [1.165, 1.54) is 0 Å². The lowest BCUT2D eigenvalue weighted by molar-refractivity contribution is -0.126. The Morgan fingerprint density at radius 1 is 1.10 bits per heavy atom. The first-order valence-electron chi connectivity index (χ1n) is 9.89. The number of rotatable bonds is 7. The van der Waals surface area contributed by atoms with Gasteiger partial charge in [-0.3, -0.25) is 4.79 Å². The van der Waals surface area contributed by atoms with Gasteiger partial charge in [-0.15, -0.1) is 0 Å². The Hall–Kier alpha value is -2.66. The lowest BCUT2D eigenvalue weighted by Gasteiger charge is -2.36. The second kappa shape index (κ2) is 10.2. The molecule has 0 aliphatic carbocycles. The number of methoxy groups -OCH3 is 1. The van der Waals surface area contributed by atoms with Crippen molar-refractivity contribution in [1.82, 2.24) is 4.90 Å². The van der Waals surface area contributed by atoms with Crippen molar-refractivity contribution in [2.75, 3.05) is 44.8 Å². The summed E-state index contributed by atoms with van der Waals surface area (Å²) in [7, 11) is 1.62. The number of amides is 1. The molecule has 0 aromatic heterocycles. The fraction of sp³-hybridized carbons (Fsp3) is 0.348. The van der Waals surface area contributed by atoms with Gasteiger partial charge in [-0.1, -0.05) is 36.7 Å². The predicted octanol–water partition coefficient (Wildman–Crippen LogP) is 4.50. The quantitative estimate of drug-likeness (QED) is 0.625. The summed E-state index contributed by atoms with van der Waals surface area (Å²) in [6.07, 6.45) is 4.37. The molecule has 1 aliphatic heterocycles. The molecule has 1 aliphatic rings. The Bertz CT molecular complexity index is 861. The first-order valence-corrected chi connectivity index (χ1v) is 10.3. The van der Waals surface area contributed by atoms with Gasteiger partial charge in [0.25, 0.3) is 0 Å². The van der Waals surface area contributed by atoms with Crippen LogP contribution in [-0.2, 0) is 4.79 Å². The van der Waals surface area contributed by atoms with E-state index in [0.29, 0.717) is 31.2 Å². The number of carbonyl (C=O) groups is 1. The van der Waals surface area contributed by atoms with Crippen molar-refractivity contribution in [3.05, 3.63) is 59.1 Å². The van der Waals surface area contributed by atoms with E-state index in [0.717, 1.165) is 35.8 Å². The maximum absolute atomic E-state index is 12.6. The molecule has 0 unspecified atom stereocenters. The lowest BCUT2D eigenvalue weighted by Crippen LogP contribution is -2.48. The molecule has 29 heavy (non-hydrogen) atoms. The van der Waals surface area contributed by atoms with E-state index >= 15 is 0 Å². The SMILES string of the molecule is CCCOc1ccc(/C=C/C(=O)N2CCN(c3ccccc3Cl)CC2)cc1OC. The molecule has 6 heteroatoms. The zero-order chi connectivity index (χ0) is 20.6. The summed E-state index contributed by atoms with van der Waals surface area (Å²) in [5.41, 5.74) is 1.92. The standard InChI is InChI=1S/C23H27ClN2O3/c1-3-16-29-21-10-8-18(17-22(21)28-2)9-11-23(27)26-14-12-25(13-15-26)20-7-5-4-6-19(20)24/h4-11,17H,3,12-16H2,1-2H3/b11-9+. The van der Waals surface area contributed by atoms with Crippen LogP contribution in [0.5, 0.6) is 11.5 Å². The van der Waals surface area contributed by atoms with E-state index in [9.17, 15) is 4.79 Å². The fourth-order valence-electron chi connectivity index (χ4n) is 3.27. The molecule has 3 rings (SSSR count). The molecule has 5 nitrogen and oxygen atoms in total. The van der Waals surface area contributed by atoms with E-state index in [-0.39, 0.29) is 5.91 Å². The maximum Gasteiger partial charge on any atom is 0.246 e. The van der Waals surface area contributed by atoms with Gasteiger partial charge in [-0.05, 0) is 42.3 Å². The minimum atomic E-state index is 0.00841. The van der Waals surface area contributed by atoms with Crippen molar-refractivity contribution >= 4 is 29.3 Å². The summed E-state index contributed by atoms with van der Waals surface area (Å²) >= 11 is 6.29. The van der Waals surface area contributed by atoms with Crippen molar-refractivity contribution in [2.24, 2.45) is 0 Å². The fourth-order valence-corrected chi connectivity index (χ4v) is 3.52. The number of ether oxygens (including phenoxy) is 2. The largest absolute Gasteiger partial charge is 0.493 e. The highest BCUT2D eigenvalue weighted by Crippen LogP contribution is 2.29. The molecule has 0 saturated carbocycles. The van der Waals surface area contributed by atoms with Gasteiger partial charge >= 0.3 is 0 Å². The van der Waals surface area contributed by atoms with Crippen molar-refractivity contribution < 1.29 is 14.3 Å². The predicted molar refractivity (Wildman–Crippen MR) is 118 cm³/mol. The third-order valence-electron chi connectivity index (χ3n) is 4.85. The summed E-state index contributed by atoms with van der Waals surface area (Å²) in [6.45, 7) is 5.57. The summed E-state index contributed by atoms with van der Waals surface area (Å²) in [6, 6.07) is 13.5. The highest BCUT2D eigenvalue weighted by Gasteiger charge is 2.21. The molecule has 1 saturated heterocycles. The van der Waals surface area contributed by atoms with Crippen LogP contribution in [0.25, 0.3) is 6.08 Å². The molecular weight excluding hydrogens is 388 g/mol. The van der Waals surface area contributed by atoms with E-state index in [4.69, 9.17) is 21.1 Å².